The van der Waals surface area contributed by atoms with Crippen molar-refractivity contribution in [3.63, 3.8) is 0 Å². The summed E-state index contributed by atoms with van der Waals surface area (Å²) >= 11 is 0. The van der Waals surface area contributed by atoms with Gasteiger partial charge < -0.3 is 4.74 Å². The van der Waals surface area contributed by atoms with Gasteiger partial charge in [-0.2, -0.15) is 16.8 Å². The Morgan fingerprint density at radius 1 is 0.933 bits per heavy atom. The van der Waals surface area contributed by atoms with E-state index in [0.717, 1.165) is 11.1 Å². The molecule has 0 spiro atoms. The molecule has 8 nitrogen and oxygen atoms in total. The standard InChI is InChI=1S/C13H16O5S.C7H8O3S/c1-9-3-5-11(6-4-9)19(15,16)17-8-12-10(2)7-13(14)18-12;1-6-2-4-7(5-3-6)11(8,9)10/h3-6,10,12H,7-8H2,1-2H3;2-5H,1H3,(H,8,9,10)/t10-,12+;/m0./s1. The average Bonchev–Trinajstić information content (AvgIpc) is 2.98. The summed E-state index contributed by atoms with van der Waals surface area (Å²) in [7, 11) is -7.82. The van der Waals surface area contributed by atoms with Crippen molar-refractivity contribution >= 4 is 26.2 Å². The van der Waals surface area contributed by atoms with Gasteiger partial charge in [0.25, 0.3) is 20.2 Å². The normalized spacial score (nSPS) is 19.0. The maximum atomic E-state index is 11.9. The summed E-state index contributed by atoms with van der Waals surface area (Å²) in [6.45, 7) is 5.41. The Morgan fingerprint density at radius 2 is 1.40 bits per heavy atom. The Kier molecular flexibility index (Phi) is 7.75. The third kappa shape index (κ3) is 6.91. The van der Waals surface area contributed by atoms with Crippen molar-refractivity contribution in [3.05, 3.63) is 59.7 Å². The molecule has 1 aliphatic heterocycles. The monoisotopic (exact) mass is 456 g/mol. The van der Waals surface area contributed by atoms with Crippen LogP contribution in [0.1, 0.15) is 24.5 Å². The van der Waals surface area contributed by atoms with E-state index in [1.807, 2.05) is 20.8 Å². The molecule has 1 fully saturated rings. The van der Waals surface area contributed by atoms with Crippen LogP contribution in [0.15, 0.2) is 58.3 Å². The minimum atomic E-state index is -4.02. The highest BCUT2D eigenvalue weighted by Crippen LogP contribution is 2.23. The molecule has 0 amide bonds. The second-order valence-corrected chi connectivity index (χ2v) is 10.1. The van der Waals surface area contributed by atoms with Crippen LogP contribution >= 0.6 is 0 Å². The van der Waals surface area contributed by atoms with Crippen LogP contribution in [0.2, 0.25) is 0 Å². The zero-order chi connectivity index (χ0) is 22.5. The molecule has 1 N–H and O–H groups in total. The van der Waals surface area contributed by atoms with Crippen molar-refractivity contribution in [1.82, 2.24) is 0 Å². The maximum absolute atomic E-state index is 11.9. The number of benzene rings is 2. The average molecular weight is 457 g/mol. The number of esters is 1. The number of ether oxygens (including phenoxy) is 1. The Hall–Kier alpha value is -2.27. The van der Waals surface area contributed by atoms with E-state index in [-0.39, 0.29) is 28.3 Å². The van der Waals surface area contributed by atoms with Crippen molar-refractivity contribution in [2.24, 2.45) is 5.92 Å². The van der Waals surface area contributed by atoms with Gasteiger partial charge in [-0.1, -0.05) is 42.3 Å². The molecule has 3 rings (SSSR count). The second kappa shape index (κ2) is 9.69. The van der Waals surface area contributed by atoms with Gasteiger partial charge in [0.05, 0.1) is 16.2 Å². The molecule has 0 unspecified atom stereocenters. The molecular formula is C20H24O8S2. The van der Waals surface area contributed by atoms with Gasteiger partial charge in [-0.05, 0) is 38.1 Å². The number of aryl methyl sites for hydroxylation is 2. The van der Waals surface area contributed by atoms with E-state index in [1.165, 1.54) is 24.3 Å². The lowest BCUT2D eigenvalue weighted by molar-refractivity contribution is -0.142. The first-order valence-corrected chi connectivity index (χ1v) is 11.9. The lowest BCUT2D eigenvalue weighted by Gasteiger charge is -2.13. The number of hydrogen-bond acceptors (Lipinski definition) is 7. The molecule has 0 radical (unpaired) electrons. The molecule has 30 heavy (non-hydrogen) atoms. The van der Waals surface area contributed by atoms with Crippen LogP contribution in [-0.4, -0.2) is 40.1 Å². The molecule has 10 heteroatoms. The van der Waals surface area contributed by atoms with Gasteiger partial charge in [0.15, 0.2) is 0 Å². The number of carbonyl (C=O) groups excluding carboxylic acids is 1. The third-order valence-corrected chi connectivity index (χ3v) is 6.59. The molecule has 0 bridgehead atoms. The predicted molar refractivity (Wildman–Crippen MR) is 109 cm³/mol. The molecule has 1 heterocycles. The molecule has 0 aliphatic carbocycles. The molecular weight excluding hydrogens is 432 g/mol. The highest BCUT2D eigenvalue weighted by Gasteiger charge is 2.33. The van der Waals surface area contributed by atoms with Gasteiger partial charge in [-0.25, -0.2) is 0 Å². The Labute approximate surface area is 176 Å². The molecule has 164 valence electrons. The van der Waals surface area contributed by atoms with Crippen LogP contribution in [0.4, 0.5) is 0 Å². The van der Waals surface area contributed by atoms with E-state index >= 15 is 0 Å². The summed E-state index contributed by atoms with van der Waals surface area (Å²) in [5.74, 6) is -0.338. The second-order valence-electron chi connectivity index (χ2n) is 7.05. The van der Waals surface area contributed by atoms with Crippen LogP contribution in [0.25, 0.3) is 0 Å². The summed E-state index contributed by atoms with van der Waals surface area (Å²) in [6, 6.07) is 12.4. The number of hydrogen-bond donors (Lipinski definition) is 1. The quantitative estimate of drug-likeness (QED) is 0.414. The Balaban J connectivity index is 0.000000248. The molecule has 2 atom stereocenters. The topological polar surface area (TPSA) is 124 Å². The lowest BCUT2D eigenvalue weighted by atomic mass is 10.1. The fourth-order valence-electron chi connectivity index (χ4n) is 2.57. The largest absolute Gasteiger partial charge is 0.460 e. The van der Waals surface area contributed by atoms with Gasteiger partial charge in [-0.15, -0.1) is 0 Å². The fourth-order valence-corrected chi connectivity index (χ4v) is 3.96. The minimum absolute atomic E-state index is 0.0271. The molecule has 1 saturated heterocycles. The lowest BCUT2D eigenvalue weighted by Crippen LogP contribution is -2.23. The fraction of sp³-hybridized carbons (Fsp3) is 0.350. The number of carbonyl (C=O) groups is 1. The summed E-state index contributed by atoms with van der Waals surface area (Å²) in [5, 5.41) is 0. The van der Waals surface area contributed by atoms with Crippen molar-refractivity contribution in [2.45, 2.75) is 43.1 Å². The number of cyclic esters (lactones) is 1. The van der Waals surface area contributed by atoms with Crippen LogP contribution < -0.4 is 0 Å². The minimum Gasteiger partial charge on any atom is -0.460 e. The van der Waals surface area contributed by atoms with Crippen molar-refractivity contribution < 1.29 is 35.1 Å². The predicted octanol–water partition coefficient (Wildman–Crippen LogP) is 2.89. The van der Waals surface area contributed by atoms with E-state index in [4.69, 9.17) is 13.5 Å². The van der Waals surface area contributed by atoms with Crippen molar-refractivity contribution in [3.8, 4) is 0 Å². The molecule has 2 aromatic carbocycles. The highest BCUT2D eigenvalue weighted by molar-refractivity contribution is 7.86. The van der Waals surface area contributed by atoms with Crippen LogP contribution in [-0.2, 0) is 34.0 Å². The van der Waals surface area contributed by atoms with E-state index in [1.54, 1.807) is 24.3 Å². The summed E-state index contributed by atoms with van der Waals surface area (Å²) in [4.78, 5) is 11.1. The van der Waals surface area contributed by atoms with Gasteiger partial charge in [-0.3, -0.25) is 13.5 Å². The Bertz CT molecular complexity index is 1070. The first kappa shape index (κ1) is 24.0. The van der Waals surface area contributed by atoms with Gasteiger partial charge in [0.1, 0.15) is 12.7 Å². The smallest absolute Gasteiger partial charge is 0.306 e. The van der Waals surface area contributed by atoms with E-state index < -0.39 is 26.3 Å². The SMILES string of the molecule is Cc1ccc(S(=O)(=O)O)cc1.Cc1ccc(S(=O)(=O)OC[C@H]2OC(=O)C[C@@H]2C)cc1. The first-order valence-electron chi connectivity index (χ1n) is 9.08. The van der Waals surface area contributed by atoms with Crippen molar-refractivity contribution in [2.75, 3.05) is 6.61 Å². The Morgan fingerprint density at radius 3 is 1.80 bits per heavy atom. The molecule has 0 aromatic heterocycles. The first-order chi connectivity index (χ1) is 13.9. The molecule has 1 aliphatic rings. The maximum Gasteiger partial charge on any atom is 0.306 e. The van der Waals surface area contributed by atoms with Crippen LogP contribution in [0, 0.1) is 19.8 Å². The zero-order valence-electron chi connectivity index (χ0n) is 16.8. The van der Waals surface area contributed by atoms with Crippen LogP contribution in [0.3, 0.4) is 0 Å². The van der Waals surface area contributed by atoms with Gasteiger partial charge in [0.2, 0.25) is 0 Å². The van der Waals surface area contributed by atoms with Crippen LogP contribution in [0.5, 0.6) is 0 Å². The number of rotatable bonds is 5. The van der Waals surface area contributed by atoms with Gasteiger partial charge in [0, 0.05) is 5.92 Å². The molecule has 0 saturated carbocycles. The zero-order valence-corrected chi connectivity index (χ0v) is 18.4. The summed E-state index contributed by atoms with van der Waals surface area (Å²) in [6.07, 6.45) is -0.189. The summed E-state index contributed by atoms with van der Waals surface area (Å²) in [5.41, 5.74) is 1.93. The van der Waals surface area contributed by atoms with E-state index in [9.17, 15) is 21.6 Å². The highest BCUT2D eigenvalue weighted by atomic mass is 32.2. The molecule has 2 aromatic rings. The third-order valence-electron chi connectivity index (χ3n) is 4.42. The van der Waals surface area contributed by atoms with Gasteiger partial charge >= 0.3 is 5.97 Å². The van der Waals surface area contributed by atoms with E-state index in [2.05, 4.69) is 0 Å². The van der Waals surface area contributed by atoms with E-state index in [0.29, 0.717) is 6.42 Å². The summed E-state index contributed by atoms with van der Waals surface area (Å²) < 4.78 is 63.4. The van der Waals surface area contributed by atoms with Crippen molar-refractivity contribution in [1.29, 1.82) is 0 Å².